The van der Waals surface area contributed by atoms with Gasteiger partial charge in [-0.3, -0.25) is 0 Å². The van der Waals surface area contributed by atoms with Gasteiger partial charge in [-0.25, -0.2) is 0 Å². The lowest BCUT2D eigenvalue weighted by atomic mass is 10.1. The lowest BCUT2D eigenvalue weighted by Crippen LogP contribution is -2.27. The molecule has 1 nitrogen and oxygen atoms in total. The van der Waals surface area contributed by atoms with Crippen molar-refractivity contribution in [1.82, 2.24) is 4.57 Å². The molecular formula is C22H19N. The topological polar surface area (TPSA) is 4.93 Å². The third kappa shape index (κ3) is 2.08. The highest BCUT2D eigenvalue weighted by Gasteiger charge is 2.08. The molecule has 0 N–H and O–H groups in total. The van der Waals surface area contributed by atoms with Crippen LogP contribution in [-0.2, 0) is 0 Å². The van der Waals surface area contributed by atoms with Crippen molar-refractivity contribution >= 4 is 33.8 Å². The fourth-order valence-corrected chi connectivity index (χ4v) is 3.47. The van der Waals surface area contributed by atoms with Crippen LogP contribution in [0.1, 0.15) is 13.8 Å². The average Bonchev–Trinajstić information content (AvgIpc) is 2.94. The molecule has 0 saturated carbocycles. The Bertz CT molecular complexity index is 1130. The maximum atomic E-state index is 2.36. The summed E-state index contributed by atoms with van der Waals surface area (Å²) >= 11 is 0. The van der Waals surface area contributed by atoms with Crippen molar-refractivity contribution in [3.05, 3.63) is 77.3 Å². The Kier molecular flexibility index (Phi) is 3.27. The third-order valence-electron chi connectivity index (χ3n) is 4.51. The fourth-order valence-electron chi connectivity index (χ4n) is 3.47. The molecule has 23 heavy (non-hydrogen) atoms. The summed E-state index contributed by atoms with van der Waals surface area (Å²) < 4.78 is 2.36. The van der Waals surface area contributed by atoms with Gasteiger partial charge in [0.05, 0.1) is 5.52 Å². The van der Waals surface area contributed by atoms with Crippen LogP contribution >= 0.6 is 0 Å². The maximum absolute atomic E-state index is 2.36. The Morgan fingerprint density at radius 2 is 1.48 bits per heavy atom. The second kappa shape index (κ2) is 5.44. The van der Waals surface area contributed by atoms with Crippen molar-refractivity contribution in [2.45, 2.75) is 13.8 Å². The number of benzene rings is 3. The highest BCUT2D eigenvalue weighted by molar-refractivity contribution is 5.87. The van der Waals surface area contributed by atoms with E-state index < -0.39 is 0 Å². The van der Waals surface area contributed by atoms with E-state index in [1.54, 1.807) is 0 Å². The Labute approximate surface area is 135 Å². The summed E-state index contributed by atoms with van der Waals surface area (Å²) in [6, 6.07) is 23.8. The summed E-state index contributed by atoms with van der Waals surface area (Å²) in [6.07, 6.45) is 4.40. The minimum absolute atomic E-state index is 1.21. The molecule has 0 aliphatic carbocycles. The van der Waals surface area contributed by atoms with Crippen LogP contribution in [0, 0.1) is 0 Å². The van der Waals surface area contributed by atoms with Crippen LogP contribution in [0.4, 0.5) is 0 Å². The van der Waals surface area contributed by atoms with Gasteiger partial charge in [0.2, 0.25) is 0 Å². The molecule has 4 rings (SSSR count). The first kappa shape index (κ1) is 13.8. The number of aromatic nitrogens is 1. The van der Waals surface area contributed by atoms with Crippen LogP contribution in [0.5, 0.6) is 0 Å². The minimum Gasteiger partial charge on any atom is -0.310 e. The molecule has 1 aromatic heterocycles. The molecule has 0 radical (unpaired) electrons. The number of hydrogen-bond acceptors (Lipinski definition) is 0. The molecule has 3 aromatic carbocycles. The Hall–Kier alpha value is -2.80. The predicted octanol–water partition coefficient (Wildman–Crippen LogP) is 4.38. The van der Waals surface area contributed by atoms with Gasteiger partial charge in [0, 0.05) is 21.6 Å². The van der Waals surface area contributed by atoms with Gasteiger partial charge < -0.3 is 4.57 Å². The Balaban J connectivity index is 2.16. The standard InChI is InChI=1S/C22H19N/c1-3-19-20-11-7-8-12-22(20)23(21(19)4-2)18-14-13-16-9-5-6-10-17(16)15-18/h3-15H,1-2H3/b19-3-,21-4+. The van der Waals surface area contributed by atoms with Crippen molar-refractivity contribution in [2.24, 2.45) is 0 Å². The molecule has 0 spiro atoms. The van der Waals surface area contributed by atoms with Crippen LogP contribution in [0.3, 0.4) is 0 Å². The summed E-state index contributed by atoms with van der Waals surface area (Å²) in [5.74, 6) is 0. The number of hydrogen-bond donors (Lipinski definition) is 0. The average molecular weight is 297 g/mol. The number of para-hydroxylation sites is 1. The van der Waals surface area contributed by atoms with Crippen molar-refractivity contribution in [3.8, 4) is 5.69 Å². The minimum atomic E-state index is 1.21. The summed E-state index contributed by atoms with van der Waals surface area (Å²) in [7, 11) is 0. The van der Waals surface area contributed by atoms with E-state index in [4.69, 9.17) is 0 Å². The van der Waals surface area contributed by atoms with Crippen LogP contribution < -0.4 is 10.6 Å². The van der Waals surface area contributed by atoms with Crippen LogP contribution in [0.15, 0.2) is 66.7 Å². The zero-order chi connectivity index (χ0) is 15.8. The lowest BCUT2D eigenvalue weighted by molar-refractivity contribution is 1.07. The van der Waals surface area contributed by atoms with E-state index >= 15 is 0 Å². The first-order valence-corrected chi connectivity index (χ1v) is 8.05. The smallest absolute Gasteiger partial charge is 0.0540 e. The summed E-state index contributed by atoms with van der Waals surface area (Å²) in [5.41, 5.74) is 2.46. The van der Waals surface area contributed by atoms with Gasteiger partial charge in [-0.05, 0) is 42.8 Å². The second-order valence-electron chi connectivity index (χ2n) is 5.76. The number of nitrogens with zero attached hydrogens (tertiary/aromatic N) is 1. The molecule has 1 heteroatoms. The van der Waals surface area contributed by atoms with E-state index in [0.29, 0.717) is 0 Å². The zero-order valence-corrected chi connectivity index (χ0v) is 13.5. The van der Waals surface area contributed by atoms with Gasteiger partial charge in [-0.15, -0.1) is 0 Å². The van der Waals surface area contributed by atoms with Crippen molar-refractivity contribution in [3.63, 3.8) is 0 Å². The van der Waals surface area contributed by atoms with E-state index in [-0.39, 0.29) is 0 Å². The second-order valence-corrected chi connectivity index (χ2v) is 5.76. The molecule has 0 bridgehead atoms. The van der Waals surface area contributed by atoms with E-state index in [2.05, 4.69) is 97.3 Å². The van der Waals surface area contributed by atoms with E-state index in [1.807, 2.05) is 0 Å². The maximum Gasteiger partial charge on any atom is 0.0540 e. The highest BCUT2D eigenvalue weighted by Crippen LogP contribution is 2.20. The SMILES string of the molecule is C/C=c1\c(=C/C)n(-c2ccc3ccccc3c2)c2ccccc12. The molecule has 0 atom stereocenters. The molecule has 0 aliphatic heterocycles. The molecular weight excluding hydrogens is 278 g/mol. The van der Waals surface area contributed by atoms with Gasteiger partial charge in [-0.1, -0.05) is 60.7 Å². The van der Waals surface area contributed by atoms with Gasteiger partial charge in [0.15, 0.2) is 0 Å². The molecule has 0 fully saturated rings. The van der Waals surface area contributed by atoms with Crippen molar-refractivity contribution in [1.29, 1.82) is 0 Å². The van der Waals surface area contributed by atoms with Gasteiger partial charge >= 0.3 is 0 Å². The zero-order valence-electron chi connectivity index (χ0n) is 13.5. The molecule has 0 unspecified atom stereocenters. The van der Waals surface area contributed by atoms with Gasteiger partial charge in [-0.2, -0.15) is 0 Å². The van der Waals surface area contributed by atoms with Gasteiger partial charge in [0.1, 0.15) is 0 Å². The molecule has 0 amide bonds. The monoisotopic (exact) mass is 297 g/mol. The molecule has 112 valence electrons. The van der Waals surface area contributed by atoms with Crippen molar-refractivity contribution in [2.75, 3.05) is 0 Å². The third-order valence-corrected chi connectivity index (χ3v) is 4.51. The number of rotatable bonds is 1. The molecule has 0 saturated heterocycles. The largest absolute Gasteiger partial charge is 0.310 e. The van der Waals surface area contributed by atoms with Crippen LogP contribution in [-0.4, -0.2) is 4.57 Å². The predicted molar refractivity (Wildman–Crippen MR) is 100 cm³/mol. The van der Waals surface area contributed by atoms with E-state index in [9.17, 15) is 0 Å². The molecule has 0 aliphatic rings. The molecule has 1 heterocycles. The molecule has 4 aromatic rings. The van der Waals surface area contributed by atoms with E-state index in [1.165, 1.54) is 37.9 Å². The van der Waals surface area contributed by atoms with Crippen LogP contribution in [0.2, 0.25) is 0 Å². The normalized spacial score (nSPS) is 13.3. The summed E-state index contributed by atoms with van der Waals surface area (Å²) in [4.78, 5) is 0. The fraction of sp³-hybridized carbons (Fsp3) is 0.0909. The highest BCUT2D eigenvalue weighted by atomic mass is 15.0. The van der Waals surface area contributed by atoms with E-state index in [0.717, 1.165) is 0 Å². The first-order valence-electron chi connectivity index (χ1n) is 8.05. The summed E-state index contributed by atoms with van der Waals surface area (Å²) in [6.45, 7) is 4.22. The quantitative estimate of drug-likeness (QED) is 0.491. The van der Waals surface area contributed by atoms with Gasteiger partial charge in [0.25, 0.3) is 0 Å². The van der Waals surface area contributed by atoms with Crippen molar-refractivity contribution < 1.29 is 0 Å². The Morgan fingerprint density at radius 1 is 0.739 bits per heavy atom. The number of fused-ring (bicyclic) bond motifs is 2. The Morgan fingerprint density at radius 3 is 2.26 bits per heavy atom. The lowest BCUT2D eigenvalue weighted by Gasteiger charge is -2.08. The van der Waals surface area contributed by atoms with Crippen LogP contribution in [0.25, 0.3) is 39.5 Å². The first-order chi connectivity index (χ1) is 11.3. The summed E-state index contributed by atoms with van der Waals surface area (Å²) in [5, 5.41) is 6.40.